The van der Waals surface area contributed by atoms with Gasteiger partial charge in [0.15, 0.2) is 0 Å². The summed E-state index contributed by atoms with van der Waals surface area (Å²) in [6.07, 6.45) is 0.783. The fraction of sp³-hybridized carbons (Fsp3) is 0.647. The fourth-order valence-electron chi connectivity index (χ4n) is 3.55. The van der Waals surface area contributed by atoms with Crippen molar-refractivity contribution in [1.29, 1.82) is 0 Å². The Morgan fingerprint density at radius 2 is 2.19 bits per heavy atom. The van der Waals surface area contributed by atoms with Crippen LogP contribution >= 0.6 is 11.3 Å². The number of thiophene rings is 1. The summed E-state index contributed by atoms with van der Waals surface area (Å²) in [6, 6.07) is 1.32. The largest absolute Gasteiger partial charge is 0.352 e. The summed E-state index contributed by atoms with van der Waals surface area (Å²) in [4.78, 5) is 27.0. The van der Waals surface area contributed by atoms with Crippen LogP contribution in [0.4, 0.5) is 0 Å². The smallest absolute Gasteiger partial charge is 0.253 e. The molecule has 0 unspecified atom stereocenters. The van der Waals surface area contributed by atoms with E-state index in [2.05, 4.69) is 5.32 Å². The van der Waals surface area contributed by atoms with Crippen LogP contribution in [0.1, 0.15) is 25.8 Å². The van der Waals surface area contributed by atoms with Gasteiger partial charge in [-0.2, -0.15) is 11.3 Å². The van der Waals surface area contributed by atoms with Gasteiger partial charge in [-0.05, 0) is 34.7 Å². The topological polar surface area (TPSA) is 86.8 Å². The predicted octanol–water partition coefficient (Wildman–Crippen LogP) is 0.678. The molecule has 2 saturated heterocycles. The van der Waals surface area contributed by atoms with Gasteiger partial charge in [-0.1, -0.05) is 13.8 Å². The number of fused-ring (bicyclic) bond motifs is 1. The maximum absolute atomic E-state index is 12.9. The highest BCUT2D eigenvalue weighted by molar-refractivity contribution is 7.89. The molecule has 3 heterocycles. The highest BCUT2D eigenvalue weighted by Gasteiger charge is 2.45. The molecule has 144 valence electrons. The Bertz CT molecular complexity index is 761. The molecule has 0 saturated carbocycles. The molecule has 2 amide bonds. The molecule has 0 spiro atoms. The van der Waals surface area contributed by atoms with E-state index in [-0.39, 0.29) is 36.1 Å². The quantitative estimate of drug-likeness (QED) is 0.787. The molecule has 0 radical (unpaired) electrons. The standard InChI is InChI=1S/C17H25N3O4S2/c1-12(2)9-20-17(22)15-8-14(10-19(15)4-6-26(20,23)24)18-16(21)7-13-3-5-25-11-13/h3,5,11-12,14-15H,4,6-10H2,1-2H3,(H,18,21)/t14-,15-/m0/s1. The molecule has 2 aliphatic heterocycles. The van der Waals surface area contributed by atoms with Crippen molar-refractivity contribution in [2.45, 2.75) is 38.8 Å². The van der Waals surface area contributed by atoms with E-state index in [1.165, 1.54) is 0 Å². The van der Waals surface area contributed by atoms with Crippen molar-refractivity contribution in [3.63, 3.8) is 0 Å². The van der Waals surface area contributed by atoms with Gasteiger partial charge in [-0.25, -0.2) is 12.7 Å². The number of sulfonamides is 1. The normalized spacial score (nSPS) is 26.0. The third kappa shape index (κ3) is 4.27. The van der Waals surface area contributed by atoms with Gasteiger partial charge in [0, 0.05) is 25.7 Å². The lowest BCUT2D eigenvalue weighted by Gasteiger charge is -2.25. The molecule has 1 N–H and O–H groups in total. The first-order valence-corrected chi connectivity index (χ1v) is 11.4. The van der Waals surface area contributed by atoms with Gasteiger partial charge < -0.3 is 5.32 Å². The first kappa shape index (κ1) is 19.3. The van der Waals surface area contributed by atoms with E-state index in [9.17, 15) is 18.0 Å². The molecular formula is C17H25N3O4S2. The number of hydrogen-bond acceptors (Lipinski definition) is 6. The molecular weight excluding hydrogens is 374 g/mol. The molecule has 2 aliphatic rings. The minimum atomic E-state index is -3.57. The summed E-state index contributed by atoms with van der Waals surface area (Å²) < 4.78 is 25.9. The Kier molecular flexibility index (Phi) is 5.69. The zero-order valence-corrected chi connectivity index (χ0v) is 16.7. The summed E-state index contributed by atoms with van der Waals surface area (Å²) in [6.45, 7) is 4.84. The summed E-state index contributed by atoms with van der Waals surface area (Å²) in [5.74, 6) is -0.406. The SMILES string of the molecule is CC(C)CN1C(=O)[C@@H]2C[C@H](NC(=O)Cc3ccsc3)CN2CCS1(=O)=O. The van der Waals surface area contributed by atoms with Crippen molar-refractivity contribution in [1.82, 2.24) is 14.5 Å². The van der Waals surface area contributed by atoms with Crippen LogP contribution in [-0.4, -0.2) is 66.9 Å². The van der Waals surface area contributed by atoms with Gasteiger partial charge in [-0.3, -0.25) is 14.5 Å². The first-order valence-electron chi connectivity index (χ1n) is 8.85. The molecule has 1 aromatic heterocycles. The van der Waals surface area contributed by atoms with E-state index in [1.807, 2.05) is 35.6 Å². The van der Waals surface area contributed by atoms with Crippen LogP contribution in [0, 0.1) is 5.92 Å². The summed E-state index contributed by atoms with van der Waals surface area (Å²) >= 11 is 1.55. The van der Waals surface area contributed by atoms with E-state index < -0.39 is 16.1 Å². The molecule has 9 heteroatoms. The molecule has 2 atom stereocenters. The predicted molar refractivity (Wildman–Crippen MR) is 100 cm³/mol. The molecule has 7 nitrogen and oxygen atoms in total. The first-order chi connectivity index (χ1) is 12.3. The van der Waals surface area contributed by atoms with Gasteiger partial charge >= 0.3 is 0 Å². The molecule has 26 heavy (non-hydrogen) atoms. The van der Waals surface area contributed by atoms with E-state index in [0.717, 1.165) is 9.87 Å². The third-order valence-electron chi connectivity index (χ3n) is 4.75. The monoisotopic (exact) mass is 399 g/mol. The average molecular weight is 400 g/mol. The van der Waals surface area contributed by atoms with Crippen LogP contribution in [0.15, 0.2) is 16.8 Å². The van der Waals surface area contributed by atoms with Crippen LogP contribution in [0.25, 0.3) is 0 Å². The van der Waals surface area contributed by atoms with Crippen LogP contribution in [0.2, 0.25) is 0 Å². The Balaban J connectivity index is 1.66. The van der Waals surface area contributed by atoms with Crippen LogP contribution < -0.4 is 5.32 Å². The van der Waals surface area contributed by atoms with Crippen molar-refractivity contribution < 1.29 is 18.0 Å². The fourth-order valence-corrected chi connectivity index (χ4v) is 5.83. The number of carbonyl (C=O) groups is 2. The van der Waals surface area contributed by atoms with Gasteiger partial charge in [0.2, 0.25) is 15.9 Å². The second-order valence-electron chi connectivity index (χ2n) is 7.40. The van der Waals surface area contributed by atoms with Crippen LogP contribution in [-0.2, 0) is 26.0 Å². The lowest BCUT2D eigenvalue weighted by Crippen LogP contribution is -2.45. The summed E-state index contributed by atoms with van der Waals surface area (Å²) in [5, 5.41) is 6.87. The summed E-state index contributed by atoms with van der Waals surface area (Å²) in [5.41, 5.74) is 0.977. The lowest BCUT2D eigenvalue weighted by atomic mass is 10.1. The molecule has 1 aromatic rings. The van der Waals surface area contributed by atoms with Gasteiger partial charge in [0.25, 0.3) is 5.91 Å². The third-order valence-corrected chi connectivity index (χ3v) is 7.18. The van der Waals surface area contributed by atoms with E-state index >= 15 is 0 Å². The number of nitrogens with zero attached hydrogens (tertiary/aromatic N) is 2. The maximum atomic E-state index is 12.9. The van der Waals surface area contributed by atoms with Gasteiger partial charge in [0.05, 0.1) is 18.2 Å². The zero-order valence-electron chi connectivity index (χ0n) is 15.1. The highest BCUT2D eigenvalue weighted by Crippen LogP contribution is 2.25. The van der Waals surface area contributed by atoms with Gasteiger partial charge in [0.1, 0.15) is 0 Å². The molecule has 0 aliphatic carbocycles. The Labute approximate surface area is 158 Å². The van der Waals surface area contributed by atoms with E-state index in [1.54, 1.807) is 11.3 Å². The Morgan fingerprint density at radius 3 is 2.85 bits per heavy atom. The lowest BCUT2D eigenvalue weighted by molar-refractivity contribution is -0.131. The maximum Gasteiger partial charge on any atom is 0.253 e. The van der Waals surface area contributed by atoms with Gasteiger partial charge in [-0.15, -0.1) is 0 Å². The number of rotatable bonds is 5. The van der Waals surface area contributed by atoms with Crippen molar-refractivity contribution in [3.8, 4) is 0 Å². The van der Waals surface area contributed by atoms with Crippen LogP contribution in [0.3, 0.4) is 0 Å². The molecule has 3 rings (SSSR count). The molecule has 0 aromatic carbocycles. The van der Waals surface area contributed by atoms with Crippen molar-refractivity contribution in [3.05, 3.63) is 22.4 Å². The van der Waals surface area contributed by atoms with Crippen molar-refractivity contribution in [2.75, 3.05) is 25.4 Å². The second kappa shape index (κ2) is 7.66. The number of amides is 2. The van der Waals surface area contributed by atoms with Crippen LogP contribution in [0.5, 0.6) is 0 Å². The Hall–Kier alpha value is -1.45. The zero-order chi connectivity index (χ0) is 18.9. The number of hydrogen-bond donors (Lipinski definition) is 1. The number of nitrogens with one attached hydrogen (secondary N) is 1. The number of carbonyl (C=O) groups excluding carboxylic acids is 2. The molecule has 0 bridgehead atoms. The minimum absolute atomic E-state index is 0.0580. The summed E-state index contributed by atoms with van der Waals surface area (Å²) in [7, 11) is -3.57. The Morgan fingerprint density at radius 1 is 1.42 bits per heavy atom. The highest BCUT2D eigenvalue weighted by atomic mass is 32.2. The van der Waals surface area contributed by atoms with Crippen molar-refractivity contribution in [2.24, 2.45) is 5.92 Å². The van der Waals surface area contributed by atoms with E-state index in [0.29, 0.717) is 25.9 Å². The van der Waals surface area contributed by atoms with Crippen molar-refractivity contribution >= 4 is 33.2 Å². The minimum Gasteiger partial charge on any atom is -0.352 e. The second-order valence-corrected chi connectivity index (χ2v) is 10.2. The molecule has 2 fully saturated rings. The average Bonchev–Trinajstić information content (AvgIpc) is 3.17. The van der Waals surface area contributed by atoms with E-state index in [4.69, 9.17) is 0 Å².